The fourth-order valence-corrected chi connectivity index (χ4v) is 4.40. The van der Waals surface area contributed by atoms with E-state index < -0.39 is 0 Å². The SMILES string of the molecule is CC1CCC2(CC1)CSC(=NCc1cccc(Cl)c1)N2. The minimum absolute atomic E-state index is 0.324. The number of amidine groups is 1. The van der Waals surface area contributed by atoms with Crippen molar-refractivity contribution >= 4 is 28.5 Å². The Labute approximate surface area is 130 Å². The number of hydrogen-bond donors (Lipinski definition) is 1. The highest BCUT2D eigenvalue weighted by atomic mass is 35.5. The molecule has 1 aromatic rings. The van der Waals surface area contributed by atoms with E-state index in [4.69, 9.17) is 16.6 Å². The molecule has 2 aliphatic rings. The molecule has 1 aliphatic carbocycles. The molecule has 0 radical (unpaired) electrons. The van der Waals surface area contributed by atoms with Crippen LogP contribution in [0.25, 0.3) is 0 Å². The normalized spacial score (nSPS) is 31.7. The first kappa shape index (κ1) is 14.3. The third-order valence-corrected chi connectivity index (χ3v) is 5.82. The number of aliphatic imine (C=N–C) groups is 1. The van der Waals surface area contributed by atoms with Crippen molar-refractivity contribution in [2.24, 2.45) is 10.9 Å². The maximum Gasteiger partial charge on any atom is 0.157 e. The van der Waals surface area contributed by atoms with E-state index in [0.717, 1.165) is 16.1 Å². The highest BCUT2D eigenvalue weighted by Gasteiger charge is 2.39. The Morgan fingerprint density at radius 3 is 2.95 bits per heavy atom. The zero-order valence-electron chi connectivity index (χ0n) is 11.9. The van der Waals surface area contributed by atoms with Gasteiger partial charge in [0.2, 0.25) is 0 Å². The third kappa shape index (κ3) is 3.32. The molecule has 0 amide bonds. The number of rotatable bonds is 2. The molecule has 0 aromatic heterocycles. The third-order valence-electron chi connectivity index (χ3n) is 4.38. The van der Waals surface area contributed by atoms with Crippen molar-refractivity contribution in [2.45, 2.75) is 44.7 Å². The van der Waals surface area contributed by atoms with Crippen molar-refractivity contribution in [3.8, 4) is 0 Å². The molecule has 1 saturated heterocycles. The molecule has 1 aliphatic heterocycles. The second kappa shape index (κ2) is 5.98. The number of nitrogens with one attached hydrogen (secondary N) is 1. The molecule has 1 heterocycles. The standard InChI is InChI=1S/C16H21ClN2S/c1-12-5-7-16(8-6-12)11-20-15(19-16)18-10-13-3-2-4-14(17)9-13/h2-4,9,12H,5-8,10-11H2,1H3,(H,18,19). The fraction of sp³-hybridized carbons (Fsp3) is 0.562. The molecule has 1 saturated carbocycles. The van der Waals surface area contributed by atoms with Crippen LogP contribution in [0.2, 0.25) is 5.02 Å². The largest absolute Gasteiger partial charge is 0.359 e. The zero-order valence-corrected chi connectivity index (χ0v) is 13.4. The lowest BCUT2D eigenvalue weighted by molar-refractivity contribution is 0.251. The van der Waals surface area contributed by atoms with Gasteiger partial charge in [-0.05, 0) is 49.3 Å². The number of halogens is 1. The molecule has 1 aromatic carbocycles. The Morgan fingerprint density at radius 2 is 2.20 bits per heavy atom. The fourth-order valence-electron chi connectivity index (χ4n) is 2.97. The molecule has 0 bridgehead atoms. The summed E-state index contributed by atoms with van der Waals surface area (Å²) in [5.74, 6) is 2.06. The smallest absolute Gasteiger partial charge is 0.157 e. The molecule has 0 unspecified atom stereocenters. The van der Waals surface area contributed by atoms with Gasteiger partial charge in [0.25, 0.3) is 0 Å². The lowest BCUT2D eigenvalue weighted by atomic mass is 9.78. The van der Waals surface area contributed by atoms with Crippen LogP contribution in [0.1, 0.15) is 38.2 Å². The lowest BCUT2D eigenvalue weighted by Gasteiger charge is -2.35. The minimum atomic E-state index is 0.324. The minimum Gasteiger partial charge on any atom is -0.359 e. The second-order valence-electron chi connectivity index (χ2n) is 6.13. The van der Waals surface area contributed by atoms with Gasteiger partial charge in [-0.25, -0.2) is 0 Å². The summed E-state index contributed by atoms with van der Waals surface area (Å²) in [5, 5.41) is 5.59. The van der Waals surface area contributed by atoms with Gasteiger partial charge in [0, 0.05) is 16.3 Å². The van der Waals surface area contributed by atoms with Crippen molar-refractivity contribution in [3.63, 3.8) is 0 Å². The Hall–Kier alpha value is -0.670. The van der Waals surface area contributed by atoms with Crippen LogP contribution in [0.4, 0.5) is 0 Å². The predicted molar refractivity (Wildman–Crippen MR) is 88.5 cm³/mol. The molecule has 1 N–H and O–H groups in total. The highest BCUT2D eigenvalue weighted by molar-refractivity contribution is 8.14. The lowest BCUT2D eigenvalue weighted by Crippen LogP contribution is -2.46. The van der Waals surface area contributed by atoms with Crippen LogP contribution >= 0.6 is 23.4 Å². The number of thioether (sulfide) groups is 1. The van der Waals surface area contributed by atoms with Crippen LogP contribution in [0.3, 0.4) is 0 Å². The first-order chi connectivity index (χ1) is 9.65. The van der Waals surface area contributed by atoms with E-state index >= 15 is 0 Å². The Kier molecular flexibility index (Phi) is 4.27. The van der Waals surface area contributed by atoms with Crippen molar-refractivity contribution in [3.05, 3.63) is 34.9 Å². The molecule has 2 fully saturated rings. The predicted octanol–water partition coefficient (Wildman–Crippen LogP) is 4.48. The summed E-state index contributed by atoms with van der Waals surface area (Å²) >= 11 is 7.88. The van der Waals surface area contributed by atoms with Gasteiger partial charge in [0.05, 0.1) is 6.54 Å². The number of nitrogens with zero attached hydrogens (tertiary/aromatic N) is 1. The van der Waals surface area contributed by atoms with E-state index in [0.29, 0.717) is 12.1 Å². The number of benzene rings is 1. The zero-order chi connectivity index (χ0) is 14.0. The Morgan fingerprint density at radius 1 is 1.40 bits per heavy atom. The van der Waals surface area contributed by atoms with Crippen LogP contribution in [0.15, 0.2) is 29.3 Å². The van der Waals surface area contributed by atoms with Gasteiger partial charge in [0.1, 0.15) is 0 Å². The highest BCUT2D eigenvalue weighted by Crippen LogP contribution is 2.38. The van der Waals surface area contributed by atoms with Crippen molar-refractivity contribution < 1.29 is 0 Å². The number of hydrogen-bond acceptors (Lipinski definition) is 2. The molecule has 1 spiro atoms. The van der Waals surface area contributed by atoms with Gasteiger partial charge in [0.15, 0.2) is 5.17 Å². The maximum atomic E-state index is 6.00. The maximum absolute atomic E-state index is 6.00. The Bertz CT molecular complexity index is 507. The average molecular weight is 309 g/mol. The van der Waals surface area contributed by atoms with Crippen LogP contribution in [0.5, 0.6) is 0 Å². The van der Waals surface area contributed by atoms with Crippen LogP contribution < -0.4 is 5.32 Å². The van der Waals surface area contributed by atoms with Gasteiger partial charge in [-0.1, -0.05) is 42.4 Å². The van der Waals surface area contributed by atoms with Crippen molar-refractivity contribution in [2.75, 3.05) is 5.75 Å². The topological polar surface area (TPSA) is 24.4 Å². The molecule has 2 nitrogen and oxygen atoms in total. The van der Waals surface area contributed by atoms with E-state index in [2.05, 4.69) is 18.3 Å². The summed E-state index contributed by atoms with van der Waals surface area (Å²) in [4.78, 5) is 4.71. The summed E-state index contributed by atoms with van der Waals surface area (Å²) in [7, 11) is 0. The molecular formula is C16H21ClN2S. The molecule has 4 heteroatoms. The molecule has 20 heavy (non-hydrogen) atoms. The Balaban J connectivity index is 1.61. The van der Waals surface area contributed by atoms with Crippen LogP contribution in [0, 0.1) is 5.92 Å². The van der Waals surface area contributed by atoms with E-state index in [9.17, 15) is 0 Å². The van der Waals surface area contributed by atoms with Crippen LogP contribution in [-0.4, -0.2) is 16.5 Å². The van der Waals surface area contributed by atoms with E-state index in [1.807, 2.05) is 30.0 Å². The van der Waals surface area contributed by atoms with E-state index in [1.165, 1.54) is 37.0 Å². The average Bonchev–Trinajstić information content (AvgIpc) is 2.84. The molecule has 0 atom stereocenters. The van der Waals surface area contributed by atoms with E-state index in [1.54, 1.807) is 0 Å². The summed E-state index contributed by atoms with van der Waals surface area (Å²) < 4.78 is 0. The molecule has 3 rings (SSSR count). The van der Waals surface area contributed by atoms with Gasteiger partial charge in [-0.3, -0.25) is 4.99 Å². The quantitative estimate of drug-likeness (QED) is 0.871. The first-order valence-electron chi connectivity index (χ1n) is 7.35. The summed E-state index contributed by atoms with van der Waals surface area (Å²) in [6.45, 7) is 3.07. The van der Waals surface area contributed by atoms with Gasteiger partial charge in [-0.15, -0.1) is 0 Å². The van der Waals surface area contributed by atoms with E-state index in [-0.39, 0.29) is 0 Å². The van der Waals surface area contributed by atoms with Crippen LogP contribution in [-0.2, 0) is 6.54 Å². The van der Waals surface area contributed by atoms with Crippen molar-refractivity contribution in [1.29, 1.82) is 0 Å². The molecule has 108 valence electrons. The van der Waals surface area contributed by atoms with Gasteiger partial charge >= 0.3 is 0 Å². The van der Waals surface area contributed by atoms with Gasteiger partial charge in [-0.2, -0.15) is 0 Å². The van der Waals surface area contributed by atoms with Crippen molar-refractivity contribution in [1.82, 2.24) is 5.32 Å². The second-order valence-corrected chi connectivity index (χ2v) is 7.53. The van der Waals surface area contributed by atoms with Gasteiger partial charge < -0.3 is 5.32 Å². The molecular weight excluding hydrogens is 288 g/mol. The first-order valence-corrected chi connectivity index (χ1v) is 8.71. The summed E-state index contributed by atoms with van der Waals surface area (Å²) in [6, 6.07) is 7.95. The summed E-state index contributed by atoms with van der Waals surface area (Å²) in [5.41, 5.74) is 1.50. The monoisotopic (exact) mass is 308 g/mol. The summed E-state index contributed by atoms with van der Waals surface area (Å²) in [6.07, 6.45) is 5.26.